The van der Waals surface area contributed by atoms with E-state index in [0.29, 0.717) is 23.6 Å². The van der Waals surface area contributed by atoms with Crippen LogP contribution < -0.4 is 5.56 Å². The molecule has 1 aliphatic heterocycles. The molecular formula is C17H23N5O2. The second-order valence-electron chi connectivity index (χ2n) is 6.53. The number of aromatic nitrogens is 4. The highest BCUT2D eigenvalue weighted by Gasteiger charge is 2.26. The molecule has 2 aromatic rings. The lowest BCUT2D eigenvalue weighted by atomic mass is 10.0. The molecule has 1 aliphatic rings. The monoisotopic (exact) mass is 329 g/mol. The lowest BCUT2D eigenvalue weighted by Crippen LogP contribution is -2.42. The number of H-pyrrole nitrogens is 1. The Kier molecular flexibility index (Phi) is 4.51. The number of nitrogens with zero attached hydrogens (tertiary/aromatic N) is 4. The number of rotatable bonds is 3. The molecule has 1 amide bonds. The van der Waals surface area contributed by atoms with E-state index >= 15 is 0 Å². The van der Waals surface area contributed by atoms with Gasteiger partial charge in [0, 0.05) is 30.5 Å². The van der Waals surface area contributed by atoms with E-state index in [0.717, 1.165) is 24.9 Å². The minimum absolute atomic E-state index is 0.0252. The molecule has 1 N–H and O–H groups in total. The summed E-state index contributed by atoms with van der Waals surface area (Å²) in [5.41, 5.74) is 1.99. The van der Waals surface area contributed by atoms with Crippen LogP contribution in [0.4, 0.5) is 0 Å². The van der Waals surface area contributed by atoms with E-state index in [1.165, 1.54) is 0 Å². The van der Waals surface area contributed by atoms with Gasteiger partial charge >= 0.3 is 0 Å². The number of carbonyl (C=O) groups is 1. The molecule has 0 aliphatic carbocycles. The van der Waals surface area contributed by atoms with E-state index < -0.39 is 0 Å². The van der Waals surface area contributed by atoms with Crippen LogP contribution in [0.3, 0.4) is 0 Å². The van der Waals surface area contributed by atoms with Crippen LogP contribution in [0.5, 0.6) is 0 Å². The zero-order valence-electron chi connectivity index (χ0n) is 14.4. The van der Waals surface area contributed by atoms with E-state index in [9.17, 15) is 9.59 Å². The van der Waals surface area contributed by atoms with Crippen molar-refractivity contribution in [3.8, 4) is 0 Å². The summed E-state index contributed by atoms with van der Waals surface area (Å²) in [5.74, 6) is 0.545. The molecule has 7 nitrogen and oxygen atoms in total. The molecular weight excluding hydrogens is 306 g/mol. The third kappa shape index (κ3) is 3.39. The van der Waals surface area contributed by atoms with E-state index in [-0.39, 0.29) is 23.9 Å². The summed E-state index contributed by atoms with van der Waals surface area (Å²) < 4.78 is 1.94. The van der Waals surface area contributed by atoms with Gasteiger partial charge in [0.25, 0.3) is 5.56 Å². The van der Waals surface area contributed by atoms with Gasteiger partial charge in [0.1, 0.15) is 5.82 Å². The number of amides is 1. The summed E-state index contributed by atoms with van der Waals surface area (Å²) in [6, 6.07) is 0.201. The van der Waals surface area contributed by atoms with Crippen molar-refractivity contribution in [3.05, 3.63) is 45.4 Å². The molecule has 0 unspecified atom stereocenters. The summed E-state index contributed by atoms with van der Waals surface area (Å²) in [6.45, 7) is 6.88. The number of hydrogen-bond donors (Lipinski definition) is 1. The molecule has 3 rings (SSSR count). The van der Waals surface area contributed by atoms with Crippen LogP contribution in [-0.4, -0.2) is 43.6 Å². The summed E-state index contributed by atoms with van der Waals surface area (Å²) >= 11 is 0. The Balaban J connectivity index is 1.72. The fourth-order valence-electron chi connectivity index (χ4n) is 3.25. The lowest BCUT2D eigenvalue weighted by molar-refractivity contribution is -0.132. The second-order valence-corrected chi connectivity index (χ2v) is 6.53. The van der Waals surface area contributed by atoms with Crippen LogP contribution in [-0.2, 0) is 11.2 Å². The van der Waals surface area contributed by atoms with Crippen LogP contribution in [0, 0.1) is 20.8 Å². The topological polar surface area (TPSA) is 83.9 Å². The van der Waals surface area contributed by atoms with Crippen LogP contribution in [0.15, 0.2) is 17.2 Å². The van der Waals surface area contributed by atoms with Gasteiger partial charge in [-0.25, -0.2) is 4.98 Å². The predicted octanol–water partition coefficient (Wildman–Crippen LogP) is 1.30. The number of hydrogen-bond acceptors (Lipinski definition) is 4. The van der Waals surface area contributed by atoms with Crippen molar-refractivity contribution < 1.29 is 4.79 Å². The van der Waals surface area contributed by atoms with Gasteiger partial charge in [-0.05, 0) is 39.2 Å². The van der Waals surface area contributed by atoms with Gasteiger partial charge in [-0.1, -0.05) is 0 Å². The number of piperidine rings is 1. The standard InChI is InChI=1S/C17H23N5O2/c1-11-8-18-22(9-11)14-5-4-6-21(10-14)16(23)7-15-12(2)19-13(3)20-17(15)24/h8-9,14H,4-7,10H2,1-3H3,(H,19,20,24)/t14-/m0/s1. The zero-order valence-corrected chi connectivity index (χ0v) is 14.4. The Hall–Kier alpha value is -2.44. The average Bonchev–Trinajstić information content (AvgIpc) is 2.97. The van der Waals surface area contributed by atoms with Gasteiger partial charge in [0.05, 0.1) is 18.7 Å². The number of likely N-dealkylation sites (tertiary alicyclic amines) is 1. The van der Waals surface area contributed by atoms with Gasteiger partial charge in [0.15, 0.2) is 0 Å². The van der Waals surface area contributed by atoms with Gasteiger partial charge in [0.2, 0.25) is 5.91 Å². The Morgan fingerprint density at radius 2 is 2.17 bits per heavy atom. The molecule has 0 aromatic carbocycles. The normalized spacial score (nSPS) is 18.0. The molecule has 0 radical (unpaired) electrons. The molecule has 128 valence electrons. The Morgan fingerprint density at radius 1 is 1.38 bits per heavy atom. The Labute approximate surface area is 140 Å². The number of carbonyl (C=O) groups excluding carboxylic acids is 1. The highest BCUT2D eigenvalue weighted by molar-refractivity contribution is 5.79. The molecule has 24 heavy (non-hydrogen) atoms. The van der Waals surface area contributed by atoms with Crippen LogP contribution in [0.25, 0.3) is 0 Å². The first-order valence-corrected chi connectivity index (χ1v) is 8.29. The van der Waals surface area contributed by atoms with E-state index in [2.05, 4.69) is 15.1 Å². The van der Waals surface area contributed by atoms with Crippen molar-refractivity contribution in [2.45, 2.75) is 46.1 Å². The van der Waals surface area contributed by atoms with Crippen molar-refractivity contribution in [1.29, 1.82) is 0 Å². The minimum Gasteiger partial charge on any atom is -0.340 e. The number of aromatic amines is 1. The van der Waals surface area contributed by atoms with Gasteiger partial charge < -0.3 is 9.88 Å². The molecule has 1 fully saturated rings. The first-order valence-electron chi connectivity index (χ1n) is 8.29. The van der Waals surface area contributed by atoms with Crippen molar-refractivity contribution in [3.63, 3.8) is 0 Å². The second kappa shape index (κ2) is 6.59. The van der Waals surface area contributed by atoms with Crippen molar-refractivity contribution in [1.82, 2.24) is 24.6 Å². The fourth-order valence-corrected chi connectivity index (χ4v) is 3.25. The van der Waals surface area contributed by atoms with E-state index in [1.807, 2.05) is 28.9 Å². The maximum Gasteiger partial charge on any atom is 0.254 e. The third-order valence-corrected chi connectivity index (χ3v) is 4.52. The highest BCUT2D eigenvalue weighted by Crippen LogP contribution is 2.21. The summed E-state index contributed by atoms with van der Waals surface area (Å²) in [7, 11) is 0. The third-order valence-electron chi connectivity index (χ3n) is 4.52. The summed E-state index contributed by atoms with van der Waals surface area (Å²) in [5, 5.41) is 4.37. The lowest BCUT2D eigenvalue weighted by Gasteiger charge is -2.33. The first kappa shape index (κ1) is 16.4. The minimum atomic E-state index is -0.218. The quantitative estimate of drug-likeness (QED) is 0.920. The number of aryl methyl sites for hydroxylation is 3. The number of nitrogens with one attached hydrogen (secondary N) is 1. The summed E-state index contributed by atoms with van der Waals surface area (Å²) in [4.78, 5) is 33.5. The molecule has 3 heterocycles. The van der Waals surface area contributed by atoms with Gasteiger partial charge in [-0.3, -0.25) is 14.3 Å². The molecule has 2 aromatic heterocycles. The smallest absolute Gasteiger partial charge is 0.254 e. The van der Waals surface area contributed by atoms with Crippen LogP contribution in [0.2, 0.25) is 0 Å². The molecule has 0 bridgehead atoms. The van der Waals surface area contributed by atoms with E-state index in [1.54, 1.807) is 13.8 Å². The largest absolute Gasteiger partial charge is 0.340 e. The van der Waals surface area contributed by atoms with Crippen LogP contribution >= 0.6 is 0 Å². The van der Waals surface area contributed by atoms with Gasteiger partial charge in [-0.15, -0.1) is 0 Å². The van der Waals surface area contributed by atoms with Crippen molar-refractivity contribution in [2.24, 2.45) is 0 Å². The zero-order chi connectivity index (χ0) is 17.3. The molecule has 0 spiro atoms. The highest BCUT2D eigenvalue weighted by atomic mass is 16.2. The predicted molar refractivity (Wildman–Crippen MR) is 89.9 cm³/mol. The van der Waals surface area contributed by atoms with E-state index in [4.69, 9.17) is 0 Å². The molecule has 7 heteroatoms. The maximum absolute atomic E-state index is 12.7. The molecule has 0 saturated carbocycles. The average molecular weight is 329 g/mol. The maximum atomic E-state index is 12.7. The Morgan fingerprint density at radius 3 is 2.83 bits per heavy atom. The SMILES string of the molecule is Cc1cnn([C@H]2CCCN(C(=O)Cc3c(C)nc(C)[nH]c3=O)C2)c1. The van der Waals surface area contributed by atoms with Crippen molar-refractivity contribution >= 4 is 5.91 Å². The first-order chi connectivity index (χ1) is 11.4. The van der Waals surface area contributed by atoms with Crippen LogP contribution in [0.1, 0.15) is 41.5 Å². The van der Waals surface area contributed by atoms with Gasteiger partial charge in [-0.2, -0.15) is 5.10 Å². The summed E-state index contributed by atoms with van der Waals surface area (Å²) in [6.07, 6.45) is 5.89. The molecule has 1 saturated heterocycles. The Bertz CT molecular complexity index is 808. The fraction of sp³-hybridized carbons (Fsp3) is 0.529. The van der Waals surface area contributed by atoms with Crippen molar-refractivity contribution in [2.75, 3.05) is 13.1 Å². The molecule has 1 atom stereocenters.